The summed E-state index contributed by atoms with van der Waals surface area (Å²) in [5.41, 5.74) is 12.3. The number of alkyl halides is 3. The number of aromatic nitrogens is 1. The van der Waals surface area contributed by atoms with E-state index in [1.807, 2.05) is 0 Å². The number of benzene rings is 1. The molecule has 1 aromatic carbocycles. The van der Waals surface area contributed by atoms with Gasteiger partial charge in [-0.1, -0.05) is 23.2 Å². The maximum atomic E-state index is 12.7. The average Bonchev–Trinajstić information content (AvgIpc) is 3.10. The molecule has 1 unspecified atom stereocenters. The van der Waals surface area contributed by atoms with Crippen LogP contribution >= 0.6 is 23.2 Å². The highest BCUT2D eigenvalue weighted by Gasteiger charge is 2.38. The standard InChI is InChI=1S/C20H23Cl2N5O4.C2HF3O2/c1-10-16(21)17(22)18(25-10)20(30)26-13-5-4-11(19(24)29)7-14(13)31-9-15(28)27-6-2-3-12(23)8-27;3-2(4,5)1(6)7/h4-5,7,12,25H,2-3,6,8-9,23H2,1H3,(H2,24,29)(H,26,30);(H,6,7). The second-order valence-electron chi connectivity index (χ2n) is 8.12. The molecule has 7 N–H and O–H groups in total. The van der Waals surface area contributed by atoms with Crippen molar-refractivity contribution in [1.82, 2.24) is 9.88 Å². The third kappa shape index (κ3) is 8.26. The van der Waals surface area contributed by atoms with Crippen LogP contribution in [0.3, 0.4) is 0 Å². The maximum Gasteiger partial charge on any atom is 0.490 e. The fraction of sp³-hybridized carbons (Fsp3) is 0.364. The molecule has 3 amide bonds. The van der Waals surface area contributed by atoms with Crippen LogP contribution in [0.5, 0.6) is 5.75 Å². The maximum absolute atomic E-state index is 12.7. The van der Waals surface area contributed by atoms with Crippen LogP contribution in [0.2, 0.25) is 10.0 Å². The highest BCUT2D eigenvalue weighted by atomic mass is 35.5. The Bertz CT molecular complexity index is 1220. The zero-order valence-electron chi connectivity index (χ0n) is 19.8. The van der Waals surface area contributed by atoms with E-state index in [1.54, 1.807) is 11.8 Å². The molecule has 1 atom stereocenters. The van der Waals surface area contributed by atoms with Gasteiger partial charge in [-0.25, -0.2) is 4.79 Å². The number of hydrogen-bond donors (Lipinski definition) is 5. The van der Waals surface area contributed by atoms with Gasteiger partial charge in [0.2, 0.25) is 5.91 Å². The highest BCUT2D eigenvalue weighted by Crippen LogP contribution is 2.31. The van der Waals surface area contributed by atoms with Gasteiger partial charge in [0.15, 0.2) is 6.61 Å². The summed E-state index contributed by atoms with van der Waals surface area (Å²) in [6, 6.07) is 4.19. The Labute approximate surface area is 224 Å². The van der Waals surface area contributed by atoms with Crippen molar-refractivity contribution in [3.8, 4) is 5.75 Å². The van der Waals surface area contributed by atoms with Crippen LogP contribution in [0.25, 0.3) is 0 Å². The number of carbonyl (C=O) groups excluding carboxylic acids is 3. The molecule has 1 aliphatic heterocycles. The highest BCUT2D eigenvalue weighted by molar-refractivity contribution is 6.44. The zero-order chi connectivity index (χ0) is 28.8. The number of aromatic amines is 1. The van der Waals surface area contributed by atoms with Crippen molar-refractivity contribution in [1.29, 1.82) is 0 Å². The normalized spacial score (nSPS) is 15.2. The van der Waals surface area contributed by atoms with Crippen molar-refractivity contribution in [3.63, 3.8) is 0 Å². The van der Waals surface area contributed by atoms with Crippen molar-refractivity contribution in [2.75, 3.05) is 25.0 Å². The molecule has 3 rings (SSSR count). The molecule has 0 bridgehead atoms. The number of rotatable bonds is 6. The Morgan fingerprint density at radius 2 is 1.87 bits per heavy atom. The van der Waals surface area contributed by atoms with Crippen molar-refractivity contribution >= 4 is 52.6 Å². The molecule has 2 aromatic rings. The second-order valence-corrected chi connectivity index (χ2v) is 8.87. The van der Waals surface area contributed by atoms with Crippen LogP contribution in [0.1, 0.15) is 39.4 Å². The summed E-state index contributed by atoms with van der Waals surface area (Å²) in [5, 5.41) is 10.1. The number of aliphatic carboxylic acids is 1. The first kappa shape index (κ1) is 30.7. The molecule has 1 aromatic heterocycles. The lowest BCUT2D eigenvalue weighted by Gasteiger charge is -2.30. The topological polar surface area (TPSA) is 181 Å². The number of halogens is 5. The molecule has 1 fully saturated rings. The zero-order valence-corrected chi connectivity index (χ0v) is 21.3. The van der Waals surface area contributed by atoms with Crippen LogP contribution in [0.15, 0.2) is 18.2 Å². The first-order valence-corrected chi connectivity index (χ1v) is 11.6. The van der Waals surface area contributed by atoms with Crippen LogP contribution in [-0.4, -0.2) is 70.6 Å². The molecule has 1 aliphatic rings. The first-order valence-electron chi connectivity index (χ1n) is 10.9. The van der Waals surface area contributed by atoms with Crippen LogP contribution in [0.4, 0.5) is 18.9 Å². The van der Waals surface area contributed by atoms with E-state index < -0.39 is 24.0 Å². The number of primary amides is 1. The number of likely N-dealkylation sites (tertiary alicyclic amines) is 1. The Hall–Kier alpha value is -3.49. The quantitative estimate of drug-likeness (QED) is 0.347. The second kappa shape index (κ2) is 12.8. The summed E-state index contributed by atoms with van der Waals surface area (Å²) < 4.78 is 37.4. The number of H-pyrrole nitrogens is 1. The monoisotopic (exact) mass is 581 g/mol. The predicted molar refractivity (Wildman–Crippen MR) is 131 cm³/mol. The number of carboxylic acid groups (broad SMARTS) is 1. The van der Waals surface area contributed by atoms with E-state index in [2.05, 4.69) is 10.3 Å². The van der Waals surface area contributed by atoms with E-state index in [-0.39, 0.29) is 51.3 Å². The minimum atomic E-state index is -5.08. The molecule has 2 heterocycles. The summed E-state index contributed by atoms with van der Waals surface area (Å²) in [6.07, 6.45) is -3.39. The smallest absolute Gasteiger partial charge is 0.482 e. The Morgan fingerprint density at radius 3 is 2.37 bits per heavy atom. The van der Waals surface area contributed by atoms with Crippen LogP contribution < -0.4 is 21.5 Å². The largest absolute Gasteiger partial charge is 0.490 e. The Balaban J connectivity index is 0.000000638. The number of hydrogen-bond acceptors (Lipinski definition) is 6. The van der Waals surface area contributed by atoms with Gasteiger partial charge in [-0.05, 0) is 38.0 Å². The molecule has 1 saturated heterocycles. The summed E-state index contributed by atoms with van der Waals surface area (Å²) in [5.74, 6) is -4.13. The van der Waals surface area contributed by atoms with Crippen molar-refractivity contribution in [2.24, 2.45) is 11.5 Å². The number of anilines is 1. The molecule has 208 valence electrons. The summed E-state index contributed by atoms with van der Waals surface area (Å²) >= 11 is 12.1. The van der Waals surface area contributed by atoms with E-state index in [0.717, 1.165) is 12.8 Å². The number of aryl methyl sites for hydroxylation is 1. The number of piperidine rings is 1. The van der Waals surface area contributed by atoms with E-state index in [1.165, 1.54) is 18.2 Å². The first-order chi connectivity index (χ1) is 17.6. The number of ether oxygens (including phenoxy) is 1. The van der Waals surface area contributed by atoms with E-state index in [4.69, 9.17) is 49.3 Å². The number of nitrogens with zero attached hydrogens (tertiary/aromatic N) is 1. The molecule has 0 saturated carbocycles. The number of nitrogens with two attached hydrogens (primary N) is 2. The predicted octanol–water partition coefficient (Wildman–Crippen LogP) is 2.94. The number of nitrogens with one attached hydrogen (secondary N) is 2. The molecular weight excluding hydrogens is 558 g/mol. The van der Waals surface area contributed by atoms with Gasteiger partial charge in [0.05, 0.1) is 15.7 Å². The van der Waals surface area contributed by atoms with Gasteiger partial charge in [-0.3, -0.25) is 14.4 Å². The number of carboxylic acids is 1. The molecule has 0 aliphatic carbocycles. The number of amides is 3. The number of carbonyl (C=O) groups is 4. The molecule has 16 heteroatoms. The van der Waals surface area contributed by atoms with Gasteiger partial charge >= 0.3 is 12.1 Å². The van der Waals surface area contributed by atoms with Gasteiger partial charge in [0.25, 0.3) is 11.8 Å². The van der Waals surface area contributed by atoms with Gasteiger partial charge in [0, 0.05) is 30.4 Å². The fourth-order valence-electron chi connectivity index (χ4n) is 3.28. The summed E-state index contributed by atoms with van der Waals surface area (Å²) in [4.78, 5) is 50.1. The molecule has 38 heavy (non-hydrogen) atoms. The minimum absolute atomic E-state index is 0.0634. The average molecular weight is 582 g/mol. The van der Waals surface area contributed by atoms with Gasteiger partial charge < -0.3 is 36.5 Å². The van der Waals surface area contributed by atoms with Crippen molar-refractivity contribution < 1.29 is 42.2 Å². The van der Waals surface area contributed by atoms with Crippen molar-refractivity contribution in [3.05, 3.63) is 45.2 Å². The van der Waals surface area contributed by atoms with Gasteiger partial charge in [-0.2, -0.15) is 13.2 Å². The van der Waals surface area contributed by atoms with Crippen LogP contribution in [0, 0.1) is 6.92 Å². The third-order valence-corrected chi connectivity index (χ3v) is 6.15. The Morgan fingerprint density at radius 1 is 1.24 bits per heavy atom. The van der Waals surface area contributed by atoms with Gasteiger partial charge in [0.1, 0.15) is 11.4 Å². The molecule has 0 radical (unpaired) electrons. The molecule has 11 nitrogen and oxygen atoms in total. The summed E-state index contributed by atoms with van der Waals surface area (Å²) in [7, 11) is 0. The summed E-state index contributed by atoms with van der Waals surface area (Å²) in [6.45, 7) is 2.45. The van der Waals surface area contributed by atoms with E-state index in [9.17, 15) is 27.6 Å². The van der Waals surface area contributed by atoms with Gasteiger partial charge in [-0.15, -0.1) is 0 Å². The minimum Gasteiger partial charge on any atom is -0.482 e. The lowest BCUT2D eigenvalue weighted by atomic mass is 10.1. The van der Waals surface area contributed by atoms with Crippen LogP contribution in [-0.2, 0) is 9.59 Å². The SMILES string of the molecule is Cc1[nH]c(C(=O)Nc2ccc(C(N)=O)cc2OCC(=O)N2CCCC(N)C2)c(Cl)c1Cl.O=C(O)C(F)(F)F. The molecular formula is C22H24Cl2F3N5O6. The third-order valence-electron chi connectivity index (χ3n) is 5.20. The van der Waals surface area contributed by atoms with Crippen molar-refractivity contribution in [2.45, 2.75) is 32.0 Å². The van der Waals surface area contributed by atoms with E-state index >= 15 is 0 Å². The molecule has 0 spiro atoms. The lowest BCUT2D eigenvalue weighted by molar-refractivity contribution is -0.192. The Kier molecular flexibility index (Phi) is 10.4. The lowest BCUT2D eigenvalue weighted by Crippen LogP contribution is -2.47. The van der Waals surface area contributed by atoms with E-state index in [0.29, 0.717) is 18.8 Å². The fourth-order valence-corrected chi connectivity index (χ4v) is 3.69.